The average Bonchev–Trinajstić information content (AvgIpc) is 2.14. The van der Waals surface area contributed by atoms with Gasteiger partial charge in [0.25, 0.3) is 0 Å². The first-order chi connectivity index (χ1) is 6.60. The maximum atomic E-state index is 10.5. The number of hydrogen-bond donors (Lipinski definition) is 1. The summed E-state index contributed by atoms with van der Waals surface area (Å²) in [5.74, 6) is 0. The van der Waals surface area contributed by atoms with Crippen LogP contribution in [0.4, 0.5) is 0 Å². The lowest BCUT2D eigenvalue weighted by atomic mass is 10.5. The molecule has 0 aromatic heterocycles. The molecule has 0 aliphatic carbocycles. The maximum Gasteiger partial charge on any atom is 0.213 e. The Balaban J connectivity index is 3.98. The molecule has 0 radical (unpaired) electrons. The van der Waals surface area contributed by atoms with Gasteiger partial charge in [0.15, 0.2) is 0 Å². The van der Waals surface area contributed by atoms with Gasteiger partial charge in [0.05, 0.1) is 6.61 Å². The van der Waals surface area contributed by atoms with Gasteiger partial charge in [-0.05, 0) is 6.92 Å². The lowest BCUT2D eigenvalue weighted by molar-refractivity contribution is -0.116. The van der Waals surface area contributed by atoms with Gasteiger partial charge in [0.1, 0.15) is 0 Å². The summed E-state index contributed by atoms with van der Waals surface area (Å²) in [5, 5.41) is 9.22. The number of carbonyl (C=O) groups is 1. The molecule has 0 aliphatic rings. The van der Waals surface area contributed by atoms with E-state index in [1.54, 1.807) is 27.8 Å². The number of amides is 1. The van der Waals surface area contributed by atoms with Crippen molar-refractivity contribution in [3.63, 3.8) is 0 Å². The molecule has 0 rings (SSSR count). The fourth-order valence-electron chi connectivity index (χ4n) is 0.690. The van der Waals surface area contributed by atoms with Crippen LogP contribution in [0.2, 0.25) is 0 Å². The predicted octanol–water partition coefficient (Wildman–Crippen LogP) is 2.09. The highest BCUT2D eigenvalue weighted by atomic mass is 33.1. The summed E-state index contributed by atoms with van der Waals surface area (Å²) in [6.45, 7) is 6.54. The number of aliphatic hydroxyl groups is 1. The Morgan fingerprint density at radius 3 is 2.64 bits per heavy atom. The fourth-order valence-corrected chi connectivity index (χ4v) is 2.37. The van der Waals surface area contributed by atoms with Crippen molar-refractivity contribution in [2.45, 2.75) is 26.0 Å². The van der Waals surface area contributed by atoms with Gasteiger partial charge in [-0.3, -0.25) is 4.79 Å². The SMILES string of the molecule is CC(=CN(C=O)CCO)SSC(C)C. The second kappa shape index (κ2) is 8.20. The Morgan fingerprint density at radius 2 is 2.21 bits per heavy atom. The monoisotopic (exact) mass is 235 g/mol. The molecule has 0 aliphatic heterocycles. The van der Waals surface area contributed by atoms with Crippen molar-refractivity contribution in [1.29, 1.82) is 0 Å². The van der Waals surface area contributed by atoms with Crippen molar-refractivity contribution in [3.05, 3.63) is 11.1 Å². The van der Waals surface area contributed by atoms with Crippen LogP contribution in [0.5, 0.6) is 0 Å². The molecule has 1 N–H and O–H groups in total. The molecule has 0 saturated heterocycles. The zero-order valence-corrected chi connectivity index (χ0v) is 10.4. The number of carbonyl (C=O) groups excluding carboxylic acids is 1. The fraction of sp³-hybridized carbons (Fsp3) is 0.667. The van der Waals surface area contributed by atoms with Crippen LogP contribution in [0.25, 0.3) is 0 Å². The van der Waals surface area contributed by atoms with Crippen molar-refractivity contribution in [2.24, 2.45) is 0 Å². The molecule has 1 amide bonds. The Hall–Kier alpha value is -0.130. The second-order valence-corrected chi connectivity index (χ2v) is 6.06. The molecule has 0 bridgehead atoms. The molecular formula is C9H17NO2S2. The van der Waals surface area contributed by atoms with Gasteiger partial charge in [0, 0.05) is 22.9 Å². The summed E-state index contributed by atoms with van der Waals surface area (Å²) in [7, 11) is 3.40. The van der Waals surface area contributed by atoms with Gasteiger partial charge in [-0.25, -0.2) is 0 Å². The summed E-state index contributed by atoms with van der Waals surface area (Å²) in [6, 6.07) is 0. The van der Waals surface area contributed by atoms with Crippen molar-refractivity contribution in [3.8, 4) is 0 Å². The Kier molecular flexibility index (Phi) is 8.12. The molecule has 0 atom stereocenters. The van der Waals surface area contributed by atoms with Crippen LogP contribution in [0, 0.1) is 0 Å². The number of nitrogens with zero attached hydrogens (tertiary/aromatic N) is 1. The summed E-state index contributed by atoms with van der Waals surface area (Å²) in [6.07, 6.45) is 2.48. The van der Waals surface area contributed by atoms with E-state index >= 15 is 0 Å². The summed E-state index contributed by atoms with van der Waals surface area (Å²) >= 11 is 0. The van der Waals surface area contributed by atoms with E-state index in [4.69, 9.17) is 5.11 Å². The standard InChI is InChI=1S/C9H17NO2S2/c1-8(2)13-14-9(3)6-10(7-12)4-5-11/h6-8,11H,4-5H2,1-3H3. The number of hydrogen-bond acceptors (Lipinski definition) is 4. The average molecular weight is 235 g/mol. The molecule has 0 fully saturated rings. The quantitative estimate of drug-likeness (QED) is 0.542. The van der Waals surface area contributed by atoms with Crippen molar-refractivity contribution in [1.82, 2.24) is 4.90 Å². The normalized spacial score (nSPS) is 11.9. The molecule has 0 aromatic carbocycles. The molecule has 0 aromatic rings. The molecular weight excluding hydrogens is 218 g/mol. The first-order valence-corrected chi connectivity index (χ1v) is 6.65. The molecule has 0 spiro atoms. The lowest BCUT2D eigenvalue weighted by Crippen LogP contribution is -2.19. The van der Waals surface area contributed by atoms with E-state index in [1.165, 1.54) is 4.90 Å². The number of allylic oxidation sites excluding steroid dienone is 1. The minimum atomic E-state index is -0.00941. The van der Waals surface area contributed by atoms with Crippen LogP contribution in [0.3, 0.4) is 0 Å². The van der Waals surface area contributed by atoms with Crippen LogP contribution in [0.1, 0.15) is 20.8 Å². The second-order valence-electron chi connectivity index (χ2n) is 3.03. The van der Waals surface area contributed by atoms with Gasteiger partial charge in [-0.15, -0.1) is 0 Å². The zero-order chi connectivity index (χ0) is 11.0. The third kappa shape index (κ3) is 7.29. The van der Waals surface area contributed by atoms with E-state index in [1.807, 2.05) is 6.92 Å². The third-order valence-corrected chi connectivity index (χ3v) is 4.29. The molecule has 82 valence electrons. The van der Waals surface area contributed by atoms with Crippen LogP contribution in [-0.4, -0.2) is 34.8 Å². The first-order valence-electron chi connectivity index (χ1n) is 4.43. The lowest BCUT2D eigenvalue weighted by Gasteiger charge is -2.11. The minimum absolute atomic E-state index is 0.00941. The summed E-state index contributed by atoms with van der Waals surface area (Å²) < 4.78 is 0. The van der Waals surface area contributed by atoms with Crippen molar-refractivity contribution < 1.29 is 9.90 Å². The van der Waals surface area contributed by atoms with Gasteiger partial charge in [0.2, 0.25) is 6.41 Å². The van der Waals surface area contributed by atoms with E-state index in [0.717, 1.165) is 11.3 Å². The van der Waals surface area contributed by atoms with E-state index in [0.29, 0.717) is 11.8 Å². The van der Waals surface area contributed by atoms with Crippen LogP contribution in [0.15, 0.2) is 11.1 Å². The van der Waals surface area contributed by atoms with Gasteiger partial charge in [-0.2, -0.15) is 0 Å². The highest BCUT2D eigenvalue weighted by Gasteiger charge is 2.00. The van der Waals surface area contributed by atoms with E-state index in [-0.39, 0.29) is 6.61 Å². The first kappa shape index (κ1) is 13.9. The third-order valence-electron chi connectivity index (χ3n) is 1.21. The molecule has 3 nitrogen and oxygen atoms in total. The van der Waals surface area contributed by atoms with Gasteiger partial charge >= 0.3 is 0 Å². The van der Waals surface area contributed by atoms with E-state index in [9.17, 15) is 4.79 Å². The smallest absolute Gasteiger partial charge is 0.213 e. The Morgan fingerprint density at radius 1 is 1.57 bits per heavy atom. The largest absolute Gasteiger partial charge is 0.395 e. The van der Waals surface area contributed by atoms with Crippen LogP contribution < -0.4 is 0 Å². The molecule has 0 unspecified atom stereocenters. The van der Waals surface area contributed by atoms with Crippen LogP contribution >= 0.6 is 21.6 Å². The van der Waals surface area contributed by atoms with Crippen LogP contribution in [-0.2, 0) is 4.79 Å². The maximum absolute atomic E-state index is 10.5. The van der Waals surface area contributed by atoms with E-state index < -0.39 is 0 Å². The van der Waals surface area contributed by atoms with Gasteiger partial charge in [-0.1, -0.05) is 35.4 Å². The topological polar surface area (TPSA) is 40.5 Å². The minimum Gasteiger partial charge on any atom is -0.395 e. The molecule has 14 heavy (non-hydrogen) atoms. The van der Waals surface area contributed by atoms with E-state index in [2.05, 4.69) is 13.8 Å². The number of aliphatic hydroxyl groups excluding tert-OH is 1. The Labute approximate surface area is 93.3 Å². The Bertz CT molecular complexity index is 195. The molecule has 5 heteroatoms. The molecule has 0 heterocycles. The predicted molar refractivity (Wildman–Crippen MR) is 63.9 cm³/mol. The zero-order valence-electron chi connectivity index (χ0n) is 8.77. The molecule has 0 saturated carbocycles. The summed E-state index contributed by atoms with van der Waals surface area (Å²) in [5.41, 5.74) is 0. The summed E-state index contributed by atoms with van der Waals surface area (Å²) in [4.78, 5) is 13.0. The van der Waals surface area contributed by atoms with Gasteiger partial charge < -0.3 is 10.0 Å². The highest BCUT2D eigenvalue weighted by molar-refractivity contribution is 8.78. The highest BCUT2D eigenvalue weighted by Crippen LogP contribution is 2.32. The van der Waals surface area contributed by atoms with Crippen molar-refractivity contribution in [2.75, 3.05) is 13.2 Å². The van der Waals surface area contributed by atoms with Crippen molar-refractivity contribution >= 4 is 28.0 Å². The number of rotatable bonds is 7.